The second-order valence-corrected chi connectivity index (χ2v) is 8.05. The van der Waals surface area contributed by atoms with Crippen LogP contribution in [0.3, 0.4) is 0 Å². The summed E-state index contributed by atoms with van der Waals surface area (Å²) in [6.45, 7) is 9.95. The van der Waals surface area contributed by atoms with Gasteiger partial charge in [-0.25, -0.2) is 0 Å². The summed E-state index contributed by atoms with van der Waals surface area (Å²) in [5.41, 5.74) is 1.89. The first-order valence-electron chi connectivity index (χ1n) is 9.50. The maximum Gasteiger partial charge on any atom is 0.154 e. The van der Waals surface area contributed by atoms with Crippen LogP contribution in [0.1, 0.15) is 62.0 Å². The number of aryl methyl sites for hydroxylation is 1. The number of Topliss-reactive ketones (excluding diaryl/α,β-unsaturated/α-hetero) is 1. The molecule has 1 aliphatic carbocycles. The van der Waals surface area contributed by atoms with Crippen LogP contribution >= 0.6 is 0 Å². The van der Waals surface area contributed by atoms with Crippen LogP contribution in [0.5, 0.6) is 11.5 Å². The summed E-state index contributed by atoms with van der Waals surface area (Å²) in [4.78, 5) is 23.3. The third kappa shape index (κ3) is 4.15. The second kappa shape index (κ2) is 8.12. The van der Waals surface area contributed by atoms with E-state index < -0.39 is 0 Å². The van der Waals surface area contributed by atoms with E-state index in [9.17, 15) is 19.8 Å². The maximum absolute atomic E-state index is 12.1. The molecule has 1 aromatic carbocycles. The summed E-state index contributed by atoms with van der Waals surface area (Å²) >= 11 is 0. The van der Waals surface area contributed by atoms with Crippen molar-refractivity contribution in [1.82, 2.24) is 0 Å². The number of hydrogen-bond donors (Lipinski definition) is 2. The van der Waals surface area contributed by atoms with Gasteiger partial charge in [-0.2, -0.15) is 0 Å². The molecule has 3 atom stereocenters. The van der Waals surface area contributed by atoms with Gasteiger partial charge in [-0.05, 0) is 49.7 Å². The van der Waals surface area contributed by atoms with Crippen molar-refractivity contribution >= 4 is 12.1 Å². The zero-order chi connectivity index (χ0) is 20.4. The number of carbonyl (C=O) groups excluding carboxylic acids is 2. The number of aldehydes is 1. The number of benzene rings is 1. The molecule has 0 bridgehead atoms. The predicted molar refractivity (Wildman–Crippen MR) is 107 cm³/mol. The van der Waals surface area contributed by atoms with E-state index in [2.05, 4.69) is 19.9 Å². The van der Waals surface area contributed by atoms with Gasteiger partial charge in [-0.15, -0.1) is 0 Å². The largest absolute Gasteiger partial charge is 0.508 e. The van der Waals surface area contributed by atoms with Crippen LogP contribution in [0.25, 0.3) is 0 Å². The van der Waals surface area contributed by atoms with Crippen molar-refractivity contribution in [2.24, 2.45) is 17.3 Å². The Morgan fingerprint density at radius 3 is 2.63 bits per heavy atom. The van der Waals surface area contributed by atoms with Crippen LogP contribution in [0.2, 0.25) is 0 Å². The molecule has 2 N–H and O–H groups in total. The highest BCUT2D eigenvalue weighted by molar-refractivity contribution is 5.83. The Kier molecular flexibility index (Phi) is 6.30. The first kappa shape index (κ1) is 20.9. The highest BCUT2D eigenvalue weighted by Gasteiger charge is 2.41. The minimum atomic E-state index is -0.177. The fraction of sp³-hybridized carbons (Fsp3) is 0.478. The van der Waals surface area contributed by atoms with Gasteiger partial charge in [0.25, 0.3) is 0 Å². The Labute approximate surface area is 161 Å². The minimum absolute atomic E-state index is 0.00867. The quantitative estimate of drug-likeness (QED) is 0.571. The first-order valence-corrected chi connectivity index (χ1v) is 9.50. The lowest BCUT2D eigenvalue weighted by molar-refractivity contribution is -0.129. The number of carbonyl (C=O) groups is 2. The normalized spacial score (nSPS) is 26.6. The van der Waals surface area contributed by atoms with Crippen molar-refractivity contribution < 1.29 is 19.8 Å². The van der Waals surface area contributed by atoms with Crippen LogP contribution in [-0.2, 0) is 11.2 Å². The van der Waals surface area contributed by atoms with Crippen molar-refractivity contribution in [3.05, 3.63) is 46.6 Å². The lowest BCUT2D eigenvalue weighted by Gasteiger charge is -2.42. The lowest BCUT2D eigenvalue weighted by Crippen LogP contribution is -2.40. The summed E-state index contributed by atoms with van der Waals surface area (Å²) in [6.07, 6.45) is 8.52. The average molecular weight is 370 g/mol. The molecule has 0 amide bonds. The topological polar surface area (TPSA) is 74.6 Å². The summed E-state index contributed by atoms with van der Waals surface area (Å²) in [5, 5.41) is 20.4. The molecule has 2 rings (SSSR count). The van der Waals surface area contributed by atoms with E-state index in [4.69, 9.17) is 0 Å². The molecule has 0 spiro atoms. The number of phenolic OH excluding ortho intramolecular Hbond substituents is 2. The van der Waals surface area contributed by atoms with Gasteiger partial charge in [0, 0.05) is 17.9 Å². The van der Waals surface area contributed by atoms with Crippen LogP contribution in [0, 0.1) is 24.2 Å². The van der Waals surface area contributed by atoms with Gasteiger partial charge in [0.05, 0.1) is 5.56 Å². The van der Waals surface area contributed by atoms with Crippen LogP contribution < -0.4 is 0 Å². The van der Waals surface area contributed by atoms with Gasteiger partial charge in [0.1, 0.15) is 17.3 Å². The average Bonchev–Trinajstić information content (AvgIpc) is 2.61. The van der Waals surface area contributed by atoms with Gasteiger partial charge in [-0.3, -0.25) is 9.59 Å². The number of aromatic hydroxyl groups is 2. The molecule has 0 heterocycles. The summed E-state index contributed by atoms with van der Waals surface area (Å²) in [7, 11) is 0. The van der Waals surface area contributed by atoms with E-state index in [1.807, 2.05) is 26.0 Å². The van der Waals surface area contributed by atoms with E-state index >= 15 is 0 Å². The van der Waals surface area contributed by atoms with Gasteiger partial charge in [0.15, 0.2) is 6.29 Å². The minimum Gasteiger partial charge on any atom is -0.508 e. The Morgan fingerprint density at radius 2 is 2.00 bits per heavy atom. The van der Waals surface area contributed by atoms with Gasteiger partial charge in [0.2, 0.25) is 0 Å². The van der Waals surface area contributed by atoms with Gasteiger partial charge in [-0.1, -0.05) is 44.6 Å². The fourth-order valence-electron chi connectivity index (χ4n) is 3.80. The number of rotatable bonds is 5. The van der Waals surface area contributed by atoms with E-state index in [0.717, 1.165) is 12.0 Å². The Hall–Kier alpha value is -2.36. The maximum atomic E-state index is 12.1. The van der Waals surface area contributed by atoms with Crippen molar-refractivity contribution in [1.29, 1.82) is 0 Å². The van der Waals surface area contributed by atoms with Gasteiger partial charge < -0.3 is 10.2 Å². The van der Waals surface area contributed by atoms with E-state index in [1.165, 1.54) is 6.07 Å². The molecule has 0 saturated heterocycles. The highest BCUT2D eigenvalue weighted by atomic mass is 16.3. The van der Waals surface area contributed by atoms with E-state index in [-0.39, 0.29) is 28.4 Å². The highest BCUT2D eigenvalue weighted by Crippen LogP contribution is 2.44. The van der Waals surface area contributed by atoms with Gasteiger partial charge >= 0.3 is 0 Å². The summed E-state index contributed by atoms with van der Waals surface area (Å²) in [6, 6.07) is 1.50. The smallest absolute Gasteiger partial charge is 0.154 e. The van der Waals surface area contributed by atoms with Crippen molar-refractivity contribution in [3.63, 3.8) is 0 Å². The van der Waals surface area contributed by atoms with Crippen molar-refractivity contribution in [2.75, 3.05) is 0 Å². The lowest BCUT2D eigenvalue weighted by atomic mass is 9.61. The van der Waals surface area contributed by atoms with Crippen LogP contribution in [-0.4, -0.2) is 22.3 Å². The molecule has 1 aromatic rings. The molecule has 1 fully saturated rings. The molecule has 0 aromatic heterocycles. The third-order valence-corrected chi connectivity index (χ3v) is 6.38. The number of hydrogen-bond acceptors (Lipinski definition) is 4. The molecule has 0 aliphatic heterocycles. The molecule has 0 radical (unpaired) electrons. The van der Waals surface area contributed by atoms with E-state index in [1.54, 1.807) is 6.92 Å². The third-order valence-electron chi connectivity index (χ3n) is 6.38. The number of allylic oxidation sites excluding steroid dienone is 4. The second-order valence-electron chi connectivity index (χ2n) is 8.05. The van der Waals surface area contributed by atoms with Crippen molar-refractivity contribution in [2.45, 2.75) is 53.9 Å². The number of ketones is 1. The molecular formula is C23H30O4. The summed E-state index contributed by atoms with van der Waals surface area (Å²) in [5.74, 6) is 0.552. The fourth-order valence-corrected chi connectivity index (χ4v) is 3.80. The standard InChI is InChI=1S/C23H30O4/c1-14(10-11-23(5)16(3)7-9-20(25)17(23)4)6-8-18-21(26)12-15(2)19(13-24)22(18)27/h6,10-13,16-17,26-27H,7-9H2,1-5H3/b11-10+,14-6+/t16-,17+,23+/m1/s1. The Morgan fingerprint density at radius 1 is 1.33 bits per heavy atom. The predicted octanol–water partition coefficient (Wildman–Crippen LogP) is 4.91. The molecule has 1 aliphatic rings. The monoisotopic (exact) mass is 370 g/mol. The zero-order valence-electron chi connectivity index (χ0n) is 16.9. The molecule has 1 saturated carbocycles. The van der Waals surface area contributed by atoms with E-state index in [0.29, 0.717) is 42.0 Å². The molecule has 27 heavy (non-hydrogen) atoms. The molecular weight excluding hydrogens is 340 g/mol. The molecule has 4 nitrogen and oxygen atoms in total. The molecule has 0 unspecified atom stereocenters. The summed E-state index contributed by atoms with van der Waals surface area (Å²) < 4.78 is 0. The first-order chi connectivity index (χ1) is 12.6. The zero-order valence-corrected chi connectivity index (χ0v) is 16.9. The Balaban J connectivity index is 2.23. The molecule has 4 heteroatoms. The Bertz CT molecular complexity index is 803. The molecule has 146 valence electrons. The number of phenols is 2. The van der Waals surface area contributed by atoms with Crippen molar-refractivity contribution in [3.8, 4) is 11.5 Å². The van der Waals surface area contributed by atoms with Crippen LogP contribution in [0.15, 0.2) is 29.9 Å². The SMILES string of the molecule is CC(/C=C/[C@@]1(C)[C@H](C)CCC(=O)[C@@H]1C)=C\Cc1c(O)cc(C)c(C=O)c1O. The van der Waals surface area contributed by atoms with Crippen LogP contribution in [0.4, 0.5) is 0 Å².